The molecule has 0 saturated heterocycles. The number of hydrogen-bond acceptors (Lipinski definition) is 4. The van der Waals surface area contributed by atoms with Crippen molar-refractivity contribution in [2.75, 3.05) is 6.54 Å². The van der Waals surface area contributed by atoms with Crippen molar-refractivity contribution in [3.8, 4) is 0 Å². The first kappa shape index (κ1) is 26.4. The Balaban J connectivity index is 2.15. The third-order valence-corrected chi connectivity index (χ3v) is 5.54. The van der Waals surface area contributed by atoms with Gasteiger partial charge in [-0.15, -0.1) is 0 Å². The van der Waals surface area contributed by atoms with Gasteiger partial charge >= 0.3 is 11.9 Å². The molecular formula is C25H32N4O5. The number of amides is 1. The Morgan fingerprint density at radius 1 is 0.853 bits per heavy atom. The number of rotatable bonds is 14. The number of carboxylic acid groups (broad SMARTS) is 2. The van der Waals surface area contributed by atoms with Crippen LogP contribution in [-0.4, -0.2) is 46.6 Å². The van der Waals surface area contributed by atoms with Gasteiger partial charge in [0, 0.05) is 12.5 Å². The molecule has 0 spiro atoms. The number of nitrogens with two attached hydrogens (primary N) is 1. The van der Waals surface area contributed by atoms with E-state index in [1.165, 1.54) is 0 Å². The highest BCUT2D eigenvalue weighted by atomic mass is 16.4. The smallest absolute Gasteiger partial charge is 0.326 e. The quantitative estimate of drug-likeness (QED) is 0.140. The van der Waals surface area contributed by atoms with E-state index >= 15 is 0 Å². The number of carbonyl (C=O) groups is 3. The number of guanidine groups is 1. The summed E-state index contributed by atoms with van der Waals surface area (Å²) in [6, 6.07) is 17.3. The third-order valence-electron chi connectivity index (χ3n) is 5.54. The highest BCUT2D eigenvalue weighted by molar-refractivity contribution is 5.85. The minimum Gasteiger partial charge on any atom is -0.481 e. The highest BCUT2D eigenvalue weighted by Gasteiger charge is 2.30. The van der Waals surface area contributed by atoms with Gasteiger partial charge in [-0.2, -0.15) is 0 Å². The molecule has 2 rings (SSSR count). The van der Waals surface area contributed by atoms with Crippen molar-refractivity contribution in [1.29, 1.82) is 5.41 Å². The fraction of sp³-hybridized carbons (Fsp3) is 0.360. The fourth-order valence-corrected chi connectivity index (χ4v) is 3.77. The zero-order valence-corrected chi connectivity index (χ0v) is 18.9. The Kier molecular flexibility index (Phi) is 10.6. The Morgan fingerprint density at radius 2 is 1.38 bits per heavy atom. The van der Waals surface area contributed by atoms with E-state index < -0.39 is 35.7 Å². The van der Waals surface area contributed by atoms with Crippen LogP contribution in [0.2, 0.25) is 0 Å². The van der Waals surface area contributed by atoms with E-state index in [9.17, 15) is 24.6 Å². The van der Waals surface area contributed by atoms with E-state index in [1.807, 2.05) is 60.7 Å². The first-order valence-corrected chi connectivity index (χ1v) is 11.2. The average Bonchev–Trinajstić information content (AvgIpc) is 2.80. The van der Waals surface area contributed by atoms with Crippen LogP contribution in [0.5, 0.6) is 0 Å². The highest BCUT2D eigenvalue weighted by Crippen LogP contribution is 2.22. The maximum atomic E-state index is 13.2. The Hall–Kier alpha value is -3.88. The van der Waals surface area contributed by atoms with Crippen molar-refractivity contribution in [2.24, 2.45) is 17.6 Å². The zero-order chi connectivity index (χ0) is 24.9. The molecule has 0 aromatic heterocycles. The Bertz CT molecular complexity index is 952. The summed E-state index contributed by atoms with van der Waals surface area (Å²) in [5.41, 5.74) is 6.95. The van der Waals surface area contributed by atoms with E-state index in [0.29, 0.717) is 19.4 Å². The third kappa shape index (κ3) is 9.32. The van der Waals surface area contributed by atoms with Crippen molar-refractivity contribution >= 4 is 23.8 Å². The second kappa shape index (κ2) is 13.6. The van der Waals surface area contributed by atoms with Gasteiger partial charge in [0.2, 0.25) is 5.91 Å². The summed E-state index contributed by atoms with van der Waals surface area (Å²) in [6.45, 7) is 0.306. The monoisotopic (exact) mass is 468 g/mol. The molecule has 9 heteroatoms. The predicted molar refractivity (Wildman–Crippen MR) is 128 cm³/mol. The van der Waals surface area contributed by atoms with Gasteiger partial charge in [0.1, 0.15) is 6.04 Å². The standard InChI is InChI=1S/C25H32N4O5/c26-25(27)28-13-7-12-21(24(33)34)29-22(30)19(14-17-8-3-1-4-9-17)16-20(23(31)32)15-18-10-5-2-6-11-18/h1-6,8-11,19-21H,7,12-16H2,(H,29,30)(H,31,32)(H,33,34)(H4,26,27,28)/t19-,20-,21+/m1/s1. The molecule has 0 aliphatic rings. The van der Waals surface area contributed by atoms with Crippen molar-refractivity contribution in [2.45, 2.75) is 38.1 Å². The van der Waals surface area contributed by atoms with Gasteiger partial charge in [-0.1, -0.05) is 60.7 Å². The summed E-state index contributed by atoms with van der Waals surface area (Å²) in [5, 5.41) is 31.7. The summed E-state index contributed by atoms with van der Waals surface area (Å²) in [5.74, 6) is -4.39. The lowest BCUT2D eigenvalue weighted by Crippen LogP contribution is -2.45. The maximum Gasteiger partial charge on any atom is 0.326 e. The van der Waals surface area contributed by atoms with Gasteiger partial charge in [-0.05, 0) is 43.2 Å². The number of aliphatic carboxylic acids is 2. The molecule has 0 saturated carbocycles. The van der Waals surface area contributed by atoms with Crippen molar-refractivity contribution in [1.82, 2.24) is 10.6 Å². The molecule has 0 heterocycles. The fourth-order valence-electron chi connectivity index (χ4n) is 3.77. The SMILES string of the molecule is N=C(N)NCCC[C@H](NC(=O)[C@H](Cc1ccccc1)C[C@@H](Cc1ccccc1)C(=O)O)C(=O)O. The molecule has 9 nitrogen and oxygen atoms in total. The first-order chi connectivity index (χ1) is 16.3. The van der Waals surface area contributed by atoms with E-state index in [0.717, 1.165) is 11.1 Å². The number of carbonyl (C=O) groups excluding carboxylic acids is 1. The number of carboxylic acids is 2. The van der Waals surface area contributed by atoms with Crippen LogP contribution in [0, 0.1) is 17.2 Å². The van der Waals surface area contributed by atoms with Crippen molar-refractivity contribution in [3.63, 3.8) is 0 Å². The molecule has 34 heavy (non-hydrogen) atoms. The molecule has 0 fully saturated rings. The second-order valence-electron chi connectivity index (χ2n) is 8.23. The molecule has 3 atom stereocenters. The topological polar surface area (TPSA) is 166 Å². The number of benzene rings is 2. The van der Waals surface area contributed by atoms with E-state index in [-0.39, 0.29) is 25.2 Å². The molecule has 0 aliphatic carbocycles. The van der Waals surface area contributed by atoms with Gasteiger partial charge in [0.25, 0.3) is 0 Å². The predicted octanol–water partition coefficient (Wildman–Crippen LogP) is 2.01. The molecule has 7 N–H and O–H groups in total. The van der Waals surface area contributed by atoms with Crippen LogP contribution in [0.25, 0.3) is 0 Å². The molecule has 0 bridgehead atoms. The lowest BCUT2D eigenvalue weighted by atomic mass is 9.85. The lowest BCUT2D eigenvalue weighted by molar-refractivity contribution is -0.145. The van der Waals surface area contributed by atoms with Crippen molar-refractivity contribution < 1.29 is 24.6 Å². The van der Waals surface area contributed by atoms with Crippen LogP contribution in [0.4, 0.5) is 0 Å². The molecule has 2 aromatic carbocycles. The van der Waals surface area contributed by atoms with Crippen LogP contribution in [-0.2, 0) is 27.2 Å². The van der Waals surface area contributed by atoms with Crippen LogP contribution in [0.3, 0.4) is 0 Å². The molecule has 2 aromatic rings. The van der Waals surface area contributed by atoms with E-state index in [4.69, 9.17) is 11.1 Å². The Labute approximate surface area is 198 Å². The minimum absolute atomic E-state index is 0.0726. The molecule has 0 radical (unpaired) electrons. The summed E-state index contributed by atoms with van der Waals surface area (Å²) in [7, 11) is 0. The normalized spacial score (nSPS) is 13.3. The first-order valence-electron chi connectivity index (χ1n) is 11.2. The van der Waals surface area contributed by atoms with E-state index in [2.05, 4.69) is 10.6 Å². The molecule has 0 unspecified atom stereocenters. The van der Waals surface area contributed by atoms with Gasteiger partial charge < -0.3 is 26.6 Å². The zero-order valence-electron chi connectivity index (χ0n) is 18.9. The maximum absolute atomic E-state index is 13.2. The minimum atomic E-state index is -1.17. The number of hydrogen-bond donors (Lipinski definition) is 6. The summed E-state index contributed by atoms with van der Waals surface area (Å²) in [4.78, 5) is 36.9. The molecule has 1 amide bonds. The molecule has 0 aliphatic heterocycles. The van der Waals surface area contributed by atoms with Crippen LogP contribution in [0.1, 0.15) is 30.4 Å². The second-order valence-corrected chi connectivity index (χ2v) is 8.23. The largest absolute Gasteiger partial charge is 0.481 e. The Morgan fingerprint density at radius 3 is 1.85 bits per heavy atom. The van der Waals surface area contributed by atoms with Gasteiger partial charge in [-0.3, -0.25) is 15.0 Å². The van der Waals surface area contributed by atoms with Crippen LogP contribution >= 0.6 is 0 Å². The van der Waals surface area contributed by atoms with Crippen molar-refractivity contribution in [3.05, 3.63) is 71.8 Å². The van der Waals surface area contributed by atoms with Gasteiger partial charge in [0.05, 0.1) is 5.92 Å². The lowest BCUT2D eigenvalue weighted by Gasteiger charge is -2.23. The summed E-state index contributed by atoms with van der Waals surface area (Å²) >= 11 is 0. The summed E-state index contributed by atoms with van der Waals surface area (Å²) in [6.07, 6.45) is 1.16. The van der Waals surface area contributed by atoms with Crippen LogP contribution < -0.4 is 16.4 Å². The van der Waals surface area contributed by atoms with Gasteiger partial charge in [0.15, 0.2) is 5.96 Å². The van der Waals surface area contributed by atoms with E-state index in [1.54, 1.807) is 0 Å². The average molecular weight is 469 g/mol. The van der Waals surface area contributed by atoms with Gasteiger partial charge in [-0.25, -0.2) is 4.79 Å². The number of nitrogens with one attached hydrogen (secondary N) is 3. The summed E-state index contributed by atoms with van der Waals surface area (Å²) < 4.78 is 0. The molecule has 182 valence electrons. The molecular weight excluding hydrogens is 436 g/mol. The van der Waals surface area contributed by atoms with Crippen LogP contribution in [0.15, 0.2) is 60.7 Å².